The number of rotatable bonds is 6. The topological polar surface area (TPSA) is 89.3 Å². The first-order valence-electron chi connectivity index (χ1n) is 6.99. The first kappa shape index (κ1) is 16.8. The molecule has 1 amide bonds. The zero-order valence-electron chi connectivity index (χ0n) is 11.9. The Labute approximate surface area is 127 Å². The number of carbonyl (C=O) groups excluding carboxylic acids is 1. The predicted octanol–water partition coefficient (Wildman–Crippen LogP) is 1.18. The maximum absolute atomic E-state index is 14.0. The molecule has 122 valence electrons. The fourth-order valence-electron chi connectivity index (χ4n) is 2.67. The van der Waals surface area contributed by atoms with Crippen LogP contribution in [0.15, 0.2) is 18.2 Å². The molecule has 0 aromatic heterocycles. The van der Waals surface area contributed by atoms with Crippen LogP contribution in [-0.2, 0) is 20.2 Å². The van der Waals surface area contributed by atoms with Crippen molar-refractivity contribution in [3.8, 4) is 0 Å². The Bertz CT molecular complexity index is 673. The first-order chi connectivity index (χ1) is 10.2. The molecule has 22 heavy (non-hydrogen) atoms. The molecule has 0 atom stereocenters. The molecule has 0 unspecified atom stereocenters. The standard InChI is InChI=1S/C14H18F2N2O3S/c15-10-3-4-11(12(16)9-10)14(5-1-6-14)13(19)18-7-2-8-22(17,20)21/h3-4,9H,1-2,5-8H2,(H,18,19)(H2,17,20,21). The summed E-state index contributed by atoms with van der Waals surface area (Å²) in [5.74, 6) is -2.02. The van der Waals surface area contributed by atoms with Crippen LogP contribution in [0.4, 0.5) is 8.78 Å². The number of hydrogen-bond acceptors (Lipinski definition) is 3. The smallest absolute Gasteiger partial charge is 0.230 e. The van der Waals surface area contributed by atoms with E-state index in [1.165, 1.54) is 6.07 Å². The normalized spacial score (nSPS) is 16.9. The van der Waals surface area contributed by atoms with Crippen molar-refractivity contribution in [2.75, 3.05) is 12.3 Å². The molecule has 0 heterocycles. The molecule has 1 aliphatic carbocycles. The van der Waals surface area contributed by atoms with Gasteiger partial charge in [-0.25, -0.2) is 22.3 Å². The number of hydrogen-bond donors (Lipinski definition) is 2. The molecule has 1 fully saturated rings. The molecule has 1 saturated carbocycles. The lowest BCUT2D eigenvalue weighted by molar-refractivity contribution is -0.130. The van der Waals surface area contributed by atoms with Gasteiger partial charge in [0.15, 0.2) is 0 Å². The minimum Gasteiger partial charge on any atom is -0.355 e. The Hall–Kier alpha value is -1.54. The van der Waals surface area contributed by atoms with Crippen LogP contribution in [0.1, 0.15) is 31.2 Å². The van der Waals surface area contributed by atoms with Gasteiger partial charge in [0.2, 0.25) is 15.9 Å². The predicted molar refractivity (Wildman–Crippen MR) is 77.5 cm³/mol. The van der Waals surface area contributed by atoms with E-state index in [4.69, 9.17) is 5.14 Å². The molecule has 2 rings (SSSR count). The van der Waals surface area contributed by atoms with Gasteiger partial charge in [-0.15, -0.1) is 0 Å². The lowest BCUT2D eigenvalue weighted by Crippen LogP contribution is -2.50. The Morgan fingerprint density at radius 3 is 2.50 bits per heavy atom. The zero-order chi connectivity index (χ0) is 16.4. The SMILES string of the molecule is NS(=O)(=O)CCCNC(=O)C1(c2ccc(F)cc2F)CCC1. The highest BCUT2D eigenvalue weighted by Crippen LogP contribution is 2.45. The van der Waals surface area contributed by atoms with Crippen LogP contribution in [-0.4, -0.2) is 26.6 Å². The largest absolute Gasteiger partial charge is 0.355 e. The molecule has 8 heteroatoms. The maximum Gasteiger partial charge on any atom is 0.230 e. The number of primary sulfonamides is 1. The van der Waals surface area contributed by atoms with E-state index in [-0.39, 0.29) is 30.2 Å². The number of nitrogens with one attached hydrogen (secondary N) is 1. The van der Waals surface area contributed by atoms with Crippen LogP contribution in [0.5, 0.6) is 0 Å². The van der Waals surface area contributed by atoms with Crippen LogP contribution in [0, 0.1) is 11.6 Å². The van der Waals surface area contributed by atoms with E-state index in [0.29, 0.717) is 12.8 Å². The van der Waals surface area contributed by atoms with Crippen molar-refractivity contribution in [3.63, 3.8) is 0 Å². The molecule has 0 bridgehead atoms. The lowest BCUT2D eigenvalue weighted by Gasteiger charge is -2.40. The Morgan fingerprint density at radius 1 is 1.32 bits per heavy atom. The molecule has 0 saturated heterocycles. The number of benzene rings is 1. The third-order valence-electron chi connectivity index (χ3n) is 3.98. The molecule has 0 aliphatic heterocycles. The van der Waals surface area contributed by atoms with Crippen LogP contribution < -0.4 is 10.5 Å². The minimum absolute atomic E-state index is 0.139. The van der Waals surface area contributed by atoms with Gasteiger partial charge in [-0.2, -0.15) is 0 Å². The summed E-state index contributed by atoms with van der Waals surface area (Å²) >= 11 is 0. The molecular formula is C14H18F2N2O3S. The fraction of sp³-hybridized carbons (Fsp3) is 0.500. The van der Waals surface area contributed by atoms with E-state index < -0.39 is 27.1 Å². The van der Waals surface area contributed by atoms with Crippen molar-refractivity contribution in [1.29, 1.82) is 0 Å². The summed E-state index contributed by atoms with van der Waals surface area (Å²) in [4.78, 5) is 12.4. The van der Waals surface area contributed by atoms with Crippen LogP contribution >= 0.6 is 0 Å². The minimum atomic E-state index is -3.57. The van der Waals surface area contributed by atoms with Gasteiger partial charge in [0.1, 0.15) is 11.6 Å². The van der Waals surface area contributed by atoms with Crippen molar-refractivity contribution in [1.82, 2.24) is 5.32 Å². The second-order valence-corrected chi connectivity index (χ2v) is 7.27. The highest BCUT2D eigenvalue weighted by atomic mass is 32.2. The van der Waals surface area contributed by atoms with E-state index in [0.717, 1.165) is 18.6 Å². The average molecular weight is 332 g/mol. The molecule has 1 aliphatic rings. The van der Waals surface area contributed by atoms with E-state index in [1.54, 1.807) is 0 Å². The van der Waals surface area contributed by atoms with Crippen molar-refractivity contribution < 1.29 is 22.0 Å². The number of amides is 1. The van der Waals surface area contributed by atoms with Gasteiger partial charge >= 0.3 is 0 Å². The summed E-state index contributed by atoms with van der Waals surface area (Å²) in [6, 6.07) is 3.20. The van der Waals surface area contributed by atoms with Gasteiger partial charge in [0.25, 0.3) is 0 Å². The second-order valence-electron chi connectivity index (χ2n) is 5.54. The van der Waals surface area contributed by atoms with E-state index in [1.807, 2.05) is 0 Å². The van der Waals surface area contributed by atoms with Crippen LogP contribution in [0.3, 0.4) is 0 Å². The molecule has 5 nitrogen and oxygen atoms in total. The van der Waals surface area contributed by atoms with Crippen LogP contribution in [0.2, 0.25) is 0 Å². The first-order valence-corrected chi connectivity index (χ1v) is 8.70. The fourth-order valence-corrected chi connectivity index (χ4v) is 3.22. The summed E-state index contributed by atoms with van der Waals surface area (Å²) in [7, 11) is -3.57. The maximum atomic E-state index is 14.0. The molecule has 1 aromatic carbocycles. The van der Waals surface area contributed by atoms with E-state index in [9.17, 15) is 22.0 Å². The molecule has 1 aromatic rings. The number of sulfonamides is 1. The highest BCUT2D eigenvalue weighted by Gasteiger charge is 2.47. The number of carbonyl (C=O) groups is 1. The monoisotopic (exact) mass is 332 g/mol. The van der Waals surface area contributed by atoms with Crippen molar-refractivity contribution in [2.45, 2.75) is 31.1 Å². The summed E-state index contributed by atoms with van der Waals surface area (Å²) in [6.07, 6.45) is 1.93. The van der Waals surface area contributed by atoms with Crippen LogP contribution in [0.25, 0.3) is 0 Å². The van der Waals surface area contributed by atoms with Crippen molar-refractivity contribution in [3.05, 3.63) is 35.4 Å². The highest BCUT2D eigenvalue weighted by molar-refractivity contribution is 7.89. The van der Waals surface area contributed by atoms with Gasteiger partial charge in [-0.05, 0) is 25.3 Å². The third kappa shape index (κ3) is 3.61. The third-order valence-corrected chi connectivity index (χ3v) is 4.84. The second kappa shape index (κ2) is 6.29. The van der Waals surface area contributed by atoms with Gasteiger partial charge in [-0.3, -0.25) is 4.79 Å². The van der Waals surface area contributed by atoms with Gasteiger partial charge in [-0.1, -0.05) is 12.5 Å². The van der Waals surface area contributed by atoms with Crippen molar-refractivity contribution >= 4 is 15.9 Å². The Kier molecular flexibility index (Phi) is 4.81. The van der Waals surface area contributed by atoms with Gasteiger partial charge in [0, 0.05) is 18.2 Å². The summed E-state index contributed by atoms with van der Waals surface area (Å²) in [5, 5.41) is 7.49. The van der Waals surface area contributed by atoms with Crippen molar-refractivity contribution in [2.24, 2.45) is 5.14 Å². The quantitative estimate of drug-likeness (QED) is 0.767. The summed E-state index contributed by atoms with van der Waals surface area (Å²) < 4.78 is 48.6. The summed E-state index contributed by atoms with van der Waals surface area (Å²) in [6.45, 7) is 0.139. The Morgan fingerprint density at radius 2 is 2.00 bits per heavy atom. The van der Waals surface area contributed by atoms with E-state index >= 15 is 0 Å². The van der Waals surface area contributed by atoms with Gasteiger partial charge < -0.3 is 5.32 Å². The molecule has 3 N–H and O–H groups in total. The molecule has 0 spiro atoms. The molecular weight excluding hydrogens is 314 g/mol. The number of nitrogens with two attached hydrogens (primary N) is 1. The Balaban J connectivity index is 2.05. The average Bonchev–Trinajstić information content (AvgIpc) is 2.34. The van der Waals surface area contributed by atoms with Gasteiger partial charge in [0.05, 0.1) is 11.2 Å². The summed E-state index contributed by atoms with van der Waals surface area (Å²) in [5.41, 5.74) is -0.802. The lowest BCUT2D eigenvalue weighted by atomic mass is 9.63. The molecule has 0 radical (unpaired) electrons. The zero-order valence-corrected chi connectivity index (χ0v) is 12.8. The number of halogens is 2. The van der Waals surface area contributed by atoms with E-state index in [2.05, 4.69) is 5.32 Å².